The van der Waals surface area contributed by atoms with Crippen molar-refractivity contribution in [2.75, 3.05) is 0 Å². The summed E-state index contributed by atoms with van der Waals surface area (Å²) in [6.07, 6.45) is 1.65. The molecule has 0 spiro atoms. The third-order valence-electron chi connectivity index (χ3n) is 6.63. The van der Waals surface area contributed by atoms with Crippen LogP contribution in [-0.2, 0) is 6.61 Å². The molecular formula is C34H23I2N3O2. The van der Waals surface area contributed by atoms with Gasteiger partial charge in [-0.2, -0.15) is 5.10 Å². The number of carbonyl (C=O) groups excluding carboxylic acids is 1. The zero-order chi connectivity index (χ0) is 28.2. The Morgan fingerprint density at radius 1 is 0.805 bits per heavy atom. The summed E-state index contributed by atoms with van der Waals surface area (Å²) in [6.45, 7) is 0.477. The highest BCUT2D eigenvalue weighted by Crippen LogP contribution is 2.30. The van der Waals surface area contributed by atoms with E-state index < -0.39 is 0 Å². The first kappa shape index (κ1) is 27.3. The van der Waals surface area contributed by atoms with Gasteiger partial charge in [0.25, 0.3) is 5.91 Å². The fraction of sp³-hybridized carbons (Fsp3) is 0.0294. The number of carbonyl (C=O) groups is 1. The number of nitrogens with one attached hydrogen (secondary N) is 1. The van der Waals surface area contributed by atoms with Crippen LogP contribution in [0.3, 0.4) is 0 Å². The van der Waals surface area contributed by atoms with Crippen LogP contribution >= 0.6 is 45.2 Å². The molecular weight excluding hydrogens is 736 g/mol. The monoisotopic (exact) mass is 759 g/mol. The molecule has 5 aromatic carbocycles. The van der Waals surface area contributed by atoms with Gasteiger partial charge in [0.1, 0.15) is 12.4 Å². The van der Waals surface area contributed by atoms with E-state index in [2.05, 4.69) is 86.0 Å². The van der Waals surface area contributed by atoms with Crippen molar-refractivity contribution in [2.24, 2.45) is 5.10 Å². The van der Waals surface area contributed by atoms with Gasteiger partial charge in [0.15, 0.2) is 0 Å². The van der Waals surface area contributed by atoms with Gasteiger partial charge in [0.2, 0.25) is 0 Å². The summed E-state index contributed by atoms with van der Waals surface area (Å²) in [4.78, 5) is 18.0. The highest BCUT2D eigenvalue weighted by Gasteiger charge is 2.14. The number of nitrogens with zero attached hydrogens (tertiary/aromatic N) is 2. The van der Waals surface area contributed by atoms with Crippen LogP contribution in [0.5, 0.6) is 5.75 Å². The molecule has 200 valence electrons. The van der Waals surface area contributed by atoms with E-state index in [1.54, 1.807) is 6.21 Å². The van der Waals surface area contributed by atoms with Crippen LogP contribution in [0.15, 0.2) is 120 Å². The molecule has 0 aliphatic carbocycles. The average Bonchev–Trinajstić information content (AvgIpc) is 3.00. The van der Waals surface area contributed by atoms with Crippen LogP contribution in [0.25, 0.3) is 32.9 Å². The highest BCUT2D eigenvalue weighted by atomic mass is 127. The molecule has 41 heavy (non-hydrogen) atoms. The molecule has 1 aromatic heterocycles. The number of aromatic nitrogens is 1. The van der Waals surface area contributed by atoms with Gasteiger partial charge in [0, 0.05) is 10.9 Å². The summed E-state index contributed by atoms with van der Waals surface area (Å²) in [5.41, 5.74) is 7.64. The average molecular weight is 759 g/mol. The van der Waals surface area contributed by atoms with E-state index in [0.717, 1.165) is 46.2 Å². The van der Waals surface area contributed by atoms with Crippen LogP contribution in [-0.4, -0.2) is 17.1 Å². The van der Waals surface area contributed by atoms with Gasteiger partial charge in [-0.15, -0.1) is 0 Å². The number of rotatable bonds is 7. The summed E-state index contributed by atoms with van der Waals surface area (Å²) < 4.78 is 8.15. The number of benzene rings is 5. The minimum Gasteiger partial charge on any atom is -0.487 e. The number of hydrogen-bond donors (Lipinski definition) is 1. The second kappa shape index (κ2) is 12.4. The SMILES string of the molecule is O=C(N/N=C/c1cc(I)c(OCc2ccc3ccccc3c2)c(I)c1)c1cc(-c2ccccc2)nc2ccccc12. The Bertz CT molecular complexity index is 1900. The Labute approximate surface area is 264 Å². The van der Waals surface area contributed by atoms with Crippen molar-refractivity contribution in [3.8, 4) is 17.0 Å². The number of hydrazone groups is 1. The largest absolute Gasteiger partial charge is 0.487 e. The fourth-order valence-electron chi connectivity index (χ4n) is 4.62. The molecule has 0 saturated heterocycles. The smallest absolute Gasteiger partial charge is 0.272 e. The molecule has 0 fully saturated rings. The van der Waals surface area contributed by atoms with Crippen molar-refractivity contribution in [2.45, 2.75) is 6.61 Å². The first-order valence-electron chi connectivity index (χ1n) is 12.9. The zero-order valence-electron chi connectivity index (χ0n) is 21.7. The molecule has 0 saturated carbocycles. The molecule has 0 atom stereocenters. The number of hydrogen-bond acceptors (Lipinski definition) is 4. The number of amides is 1. The van der Waals surface area contributed by atoms with Crippen LogP contribution in [0.1, 0.15) is 21.5 Å². The third kappa shape index (κ3) is 6.25. The van der Waals surface area contributed by atoms with E-state index >= 15 is 0 Å². The zero-order valence-corrected chi connectivity index (χ0v) is 26.0. The lowest BCUT2D eigenvalue weighted by atomic mass is 10.0. The predicted molar refractivity (Wildman–Crippen MR) is 182 cm³/mol. The van der Waals surface area contributed by atoms with Crippen molar-refractivity contribution >= 4 is 79.0 Å². The Hall–Kier alpha value is -3.83. The molecule has 1 amide bonds. The minimum absolute atomic E-state index is 0.295. The Kier molecular flexibility index (Phi) is 8.24. The van der Waals surface area contributed by atoms with E-state index in [1.165, 1.54) is 10.8 Å². The third-order valence-corrected chi connectivity index (χ3v) is 8.23. The Morgan fingerprint density at radius 2 is 1.51 bits per heavy atom. The molecule has 0 unspecified atom stereocenters. The van der Waals surface area contributed by atoms with E-state index in [-0.39, 0.29) is 5.91 Å². The summed E-state index contributed by atoms with van der Waals surface area (Å²) in [5.74, 6) is 0.536. The fourth-order valence-corrected chi connectivity index (χ4v) is 6.75. The van der Waals surface area contributed by atoms with Crippen molar-refractivity contribution in [1.29, 1.82) is 0 Å². The van der Waals surface area contributed by atoms with E-state index in [9.17, 15) is 4.79 Å². The van der Waals surface area contributed by atoms with Crippen LogP contribution < -0.4 is 10.2 Å². The molecule has 0 aliphatic rings. The number of ether oxygens (including phenoxy) is 1. The predicted octanol–water partition coefficient (Wildman–Crippen LogP) is 8.61. The van der Waals surface area contributed by atoms with Gasteiger partial charge in [-0.05, 0) is 97.4 Å². The van der Waals surface area contributed by atoms with E-state index in [0.29, 0.717) is 12.2 Å². The first-order valence-corrected chi connectivity index (χ1v) is 15.1. The van der Waals surface area contributed by atoms with Crippen LogP contribution in [0.4, 0.5) is 0 Å². The van der Waals surface area contributed by atoms with Crippen molar-refractivity contribution in [3.63, 3.8) is 0 Å². The van der Waals surface area contributed by atoms with Crippen LogP contribution in [0, 0.1) is 7.14 Å². The van der Waals surface area contributed by atoms with Crippen molar-refractivity contribution in [1.82, 2.24) is 10.4 Å². The molecule has 6 rings (SSSR count). The second-order valence-corrected chi connectivity index (χ2v) is 11.7. The highest BCUT2D eigenvalue weighted by molar-refractivity contribution is 14.1. The van der Waals surface area contributed by atoms with Gasteiger partial charge in [0.05, 0.1) is 30.1 Å². The lowest BCUT2D eigenvalue weighted by Gasteiger charge is -2.12. The lowest BCUT2D eigenvalue weighted by Crippen LogP contribution is -2.18. The van der Waals surface area contributed by atoms with Gasteiger partial charge in [-0.25, -0.2) is 10.4 Å². The quantitative estimate of drug-likeness (QED) is 0.101. The van der Waals surface area contributed by atoms with Gasteiger partial charge in [-0.1, -0.05) is 84.9 Å². The second-order valence-electron chi connectivity index (χ2n) is 9.42. The number of fused-ring (bicyclic) bond motifs is 2. The number of pyridine rings is 1. The summed E-state index contributed by atoms with van der Waals surface area (Å²) in [7, 11) is 0. The maximum absolute atomic E-state index is 13.2. The normalized spacial score (nSPS) is 11.3. The molecule has 7 heteroatoms. The molecule has 1 heterocycles. The van der Waals surface area contributed by atoms with Crippen molar-refractivity contribution in [3.05, 3.63) is 139 Å². The summed E-state index contributed by atoms with van der Waals surface area (Å²) in [6, 6.07) is 37.9. The molecule has 0 bridgehead atoms. The number of para-hydroxylation sites is 1. The van der Waals surface area contributed by atoms with E-state index in [4.69, 9.17) is 9.72 Å². The topological polar surface area (TPSA) is 63.6 Å². The van der Waals surface area contributed by atoms with E-state index in [1.807, 2.05) is 84.9 Å². The van der Waals surface area contributed by atoms with Gasteiger partial charge in [-0.3, -0.25) is 4.79 Å². The molecule has 1 N–H and O–H groups in total. The molecule has 6 aromatic rings. The molecule has 0 aliphatic heterocycles. The van der Waals surface area contributed by atoms with Crippen molar-refractivity contribution < 1.29 is 9.53 Å². The van der Waals surface area contributed by atoms with Crippen LogP contribution in [0.2, 0.25) is 0 Å². The lowest BCUT2D eigenvalue weighted by molar-refractivity contribution is 0.0956. The standard InChI is InChI=1S/C34H23I2N3O2/c35-29-17-23(18-30(36)33(29)41-21-22-14-15-24-8-4-5-11-26(24)16-22)20-37-39-34(40)28-19-32(25-9-2-1-3-10-25)38-31-13-7-6-12-27(28)31/h1-20H,21H2,(H,39,40)/b37-20+. The first-order chi connectivity index (χ1) is 20.0. The minimum atomic E-state index is -0.295. The molecule has 5 nitrogen and oxygen atoms in total. The summed E-state index contributed by atoms with van der Waals surface area (Å²) in [5, 5.41) is 7.45. The maximum atomic E-state index is 13.2. The molecule has 0 radical (unpaired) electrons. The Balaban J connectivity index is 1.17. The maximum Gasteiger partial charge on any atom is 0.272 e. The Morgan fingerprint density at radius 3 is 2.32 bits per heavy atom. The van der Waals surface area contributed by atoms with Gasteiger partial charge < -0.3 is 4.74 Å². The number of halogens is 2. The summed E-state index contributed by atoms with van der Waals surface area (Å²) >= 11 is 4.55. The van der Waals surface area contributed by atoms with Gasteiger partial charge >= 0.3 is 0 Å².